The van der Waals surface area contributed by atoms with Gasteiger partial charge in [0, 0.05) is 44.3 Å². The van der Waals surface area contributed by atoms with Crippen molar-refractivity contribution in [2.75, 3.05) is 32.8 Å². The van der Waals surface area contributed by atoms with Gasteiger partial charge in [0.25, 0.3) is 0 Å². The van der Waals surface area contributed by atoms with Crippen molar-refractivity contribution in [2.45, 2.75) is 47.0 Å². The van der Waals surface area contributed by atoms with Crippen LogP contribution in [-0.2, 0) is 4.74 Å². The fraction of sp³-hybridized carbons (Fsp3) is 0.750. The van der Waals surface area contributed by atoms with Crippen molar-refractivity contribution in [3.05, 3.63) is 17.0 Å². The second-order valence-electron chi connectivity index (χ2n) is 5.34. The maximum atomic E-state index is 5.33. The molecule has 0 saturated carbocycles. The quantitative estimate of drug-likeness (QED) is 0.416. The highest BCUT2D eigenvalue weighted by Crippen LogP contribution is 2.23. The van der Waals surface area contributed by atoms with Gasteiger partial charge in [-0.25, -0.2) is 0 Å². The number of aromatic nitrogens is 1. The van der Waals surface area contributed by atoms with Crippen molar-refractivity contribution in [3.63, 3.8) is 0 Å². The number of hydrogen-bond donors (Lipinski definition) is 2. The first kappa shape index (κ1) is 18.5. The zero-order valence-electron chi connectivity index (χ0n) is 14.5. The molecule has 0 aromatic carbocycles. The first-order valence-electron chi connectivity index (χ1n) is 8.12. The van der Waals surface area contributed by atoms with Gasteiger partial charge in [-0.1, -0.05) is 12.1 Å². The summed E-state index contributed by atoms with van der Waals surface area (Å²) >= 11 is 0. The molecular weight excluding hydrogens is 280 g/mol. The van der Waals surface area contributed by atoms with Gasteiger partial charge in [0.15, 0.2) is 5.96 Å². The van der Waals surface area contributed by atoms with Crippen LogP contribution in [0.3, 0.4) is 0 Å². The van der Waals surface area contributed by atoms with E-state index in [1.165, 1.54) is 0 Å². The van der Waals surface area contributed by atoms with Crippen LogP contribution >= 0.6 is 0 Å². The molecule has 0 saturated heterocycles. The van der Waals surface area contributed by atoms with Gasteiger partial charge in [-0.15, -0.1) is 0 Å². The Morgan fingerprint density at radius 1 is 1.32 bits per heavy atom. The van der Waals surface area contributed by atoms with E-state index in [-0.39, 0.29) is 5.92 Å². The largest absolute Gasteiger partial charge is 0.382 e. The Labute approximate surface area is 133 Å². The Hall–Kier alpha value is -1.56. The van der Waals surface area contributed by atoms with Gasteiger partial charge in [-0.3, -0.25) is 4.99 Å². The van der Waals surface area contributed by atoms with E-state index in [0.717, 1.165) is 55.7 Å². The predicted octanol–water partition coefficient (Wildman–Crippen LogP) is 2.38. The van der Waals surface area contributed by atoms with Crippen molar-refractivity contribution in [3.8, 4) is 0 Å². The molecule has 1 aromatic rings. The van der Waals surface area contributed by atoms with Gasteiger partial charge in [0.1, 0.15) is 5.76 Å². The summed E-state index contributed by atoms with van der Waals surface area (Å²) in [5.74, 6) is 2.01. The molecule has 0 radical (unpaired) electrons. The van der Waals surface area contributed by atoms with E-state index in [0.29, 0.717) is 6.54 Å². The fourth-order valence-corrected chi connectivity index (χ4v) is 2.38. The van der Waals surface area contributed by atoms with Crippen molar-refractivity contribution in [1.82, 2.24) is 15.8 Å². The van der Waals surface area contributed by atoms with Gasteiger partial charge in [-0.05, 0) is 34.1 Å². The third-order valence-corrected chi connectivity index (χ3v) is 3.41. The van der Waals surface area contributed by atoms with E-state index in [1.807, 2.05) is 20.8 Å². The molecule has 0 amide bonds. The minimum Gasteiger partial charge on any atom is -0.382 e. The van der Waals surface area contributed by atoms with Gasteiger partial charge < -0.3 is 19.9 Å². The zero-order chi connectivity index (χ0) is 16.4. The molecule has 22 heavy (non-hydrogen) atoms. The Balaban J connectivity index is 2.50. The molecule has 1 heterocycles. The molecule has 1 aromatic heterocycles. The van der Waals surface area contributed by atoms with Gasteiger partial charge in [-0.2, -0.15) is 0 Å². The minimum absolute atomic E-state index is 0.283. The van der Waals surface area contributed by atoms with Crippen LogP contribution in [-0.4, -0.2) is 44.0 Å². The molecular formula is C16H30N4O2. The third-order valence-electron chi connectivity index (χ3n) is 3.41. The number of nitrogens with one attached hydrogen (secondary N) is 2. The highest BCUT2D eigenvalue weighted by molar-refractivity contribution is 5.79. The summed E-state index contributed by atoms with van der Waals surface area (Å²) in [6, 6.07) is 0. The monoisotopic (exact) mass is 310 g/mol. The van der Waals surface area contributed by atoms with Gasteiger partial charge >= 0.3 is 0 Å². The molecule has 1 unspecified atom stereocenters. The molecule has 0 spiro atoms. The second-order valence-corrected chi connectivity index (χ2v) is 5.34. The molecule has 6 heteroatoms. The minimum atomic E-state index is 0.283. The van der Waals surface area contributed by atoms with Crippen LogP contribution in [0.1, 0.15) is 50.1 Å². The number of rotatable bonds is 9. The molecule has 0 aliphatic heterocycles. The lowest BCUT2D eigenvalue weighted by Crippen LogP contribution is -2.38. The Morgan fingerprint density at radius 2 is 2.09 bits per heavy atom. The highest BCUT2D eigenvalue weighted by Gasteiger charge is 2.16. The Morgan fingerprint density at radius 3 is 2.68 bits per heavy atom. The summed E-state index contributed by atoms with van der Waals surface area (Å²) in [6.07, 6.45) is 0.970. The van der Waals surface area contributed by atoms with E-state index in [9.17, 15) is 0 Å². The van der Waals surface area contributed by atoms with E-state index in [1.54, 1.807) is 0 Å². The number of nitrogens with zero attached hydrogens (tertiary/aromatic N) is 2. The average molecular weight is 310 g/mol. The summed E-state index contributed by atoms with van der Waals surface area (Å²) < 4.78 is 10.6. The molecule has 0 bridgehead atoms. The van der Waals surface area contributed by atoms with Crippen molar-refractivity contribution in [2.24, 2.45) is 4.99 Å². The van der Waals surface area contributed by atoms with Crippen LogP contribution in [0.25, 0.3) is 0 Å². The smallest absolute Gasteiger partial charge is 0.191 e. The summed E-state index contributed by atoms with van der Waals surface area (Å²) in [5.41, 5.74) is 2.12. The van der Waals surface area contributed by atoms with Crippen LogP contribution < -0.4 is 10.6 Å². The lowest BCUT2D eigenvalue weighted by atomic mass is 10.00. The Bertz CT molecular complexity index is 437. The maximum absolute atomic E-state index is 5.33. The van der Waals surface area contributed by atoms with E-state index >= 15 is 0 Å². The third kappa shape index (κ3) is 6.05. The van der Waals surface area contributed by atoms with Crippen LogP contribution in [0.15, 0.2) is 9.52 Å². The molecule has 126 valence electrons. The van der Waals surface area contributed by atoms with Crippen LogP contribution in [0.4, 0.5) is 0 Å². The molecule has 6 nitrogen and oxygen atoms in total. The molecule has 1 rings (SSSR count). The number of hydrogen-bond acceptors (Lipinski definition) is 4. The normalized spacial score (nSPS) is 13.2. The standard InChI is InChI=1S/C16H30N4O2/c1-6-17-16(18-9-8-10-21-7-2)19-11-12(3)15-13(4)20-22-14(15)5/h12H,6-11H2,1-5H3,(H2,17,18,19). The second kappa shape index (κ2) is 10.2. The van der Waals surface area contributed by atoms with Crippen LogP contribution in [0.5, 0.6) is 0 Å². The average Bonchev–Trinajstić information content (AvgIpc) is 2.83. The van der Waals surface area contributed by atoms with E-state index in [2.05, 4.69) is 34.6 Å². The molecule has 0 aliphatic carbocycles. The van der Waals surface area contributed by atoms with Crippen molar-refractivity contribution >= 4 is 5.96 Å². The number of aliphatic imine (C=N–C) groups is 1. The molecule has 2 N–H and O–H groups in total. The highest BCUT2D eigenvalue weighted by atomic mass is 16.5. The Kier molecular flexibility index (Phi) is 8.58. The topological polar surface area (TPSA) is 71.7 Å². The summed E-state index contributed by atoms with van der Waals surface area (Å²) in [4.78, 5) is 4.65. The summed E-state index contributed by atoms with van der Waals surface area (Å²) in [6.45, 7) is 14.1. The molecule has 0 aliphatic rings. The fourth-order valence-electron chi connectivity index (χ4n) is 2.38. The summed E-state index contributed by atoms with van der Waals surface area (Å²) in [5, 5.41) is 10.6. The SMILES string of the molecule is CCNC(=NCC(C)c1c(C)noc1C)NCCCOCC. The zero-order valence-corrected chi connectivity index (χ0v) is 14.5. The first-order valence-corrected chi connectivity index (χ1v) is 8.12. The molecule has 0 fully saturated rings. The maximum Gasteiger partial charge on any atom is 0.191 e. The van der Waals surface area contributed by atoms with Crippen LogP contribution in [0, 0.1) is 13.8 Å². The van der Waals surface area contributed by atoms with Gasteiger partial charge in [0.2, 0.25) is 0 Å². The van der Waals surface area contributed by atoms with Crippen molar-refractivity contribution in [1.29, 1.82) is 0 Å². The lowest BCUT2D eigenvalue weighted by molar-refractivity contribution is 0.145. The van der Waals surface area contributed by atoms with Crippen LogP contribution in [0.2, 0.25) is 0 Å². The van der Waals surface area contributed by atoms with Gasteiger partial charge in [0.05, 0.1) is 5.69 Å². The summed E-state index contributed by atoms with van der Waals surface area (Å²) in [7, 11) is 0. The van der Waals surface area contributed by atoms with E-state index < -0.39 is 0 Å². The predicted molar refractivity (Wildman–Crippen MR) is 89.5 cm³/mol. The van der Waals surface area contributed by atoms with Crippen molar-refractivity contribution < 1.29 is 9.26 Å². The van der Waals surface area contributed by atoms with E-state index in [4.69, 9.17) is 9.26 Å². The first-order chi connectivity index (χ1) is 10.6. The molecule has 1 atom stereocenters. The number of guanidine groups is 1. The lowest BCUT2D eigenvalue weighted by Gasteiger charge is -2.13. The number of aryl methyl sites for hydroxylation is 2. The number of ether oxygens (including phenoxy) is 1.